The molecule has 6 heteroatoms. The van der Waals surface area contributed by atoms with Crippen molar-refractivity contribution in [3.8, 4) is 5.75 Å². The highest BCUT2D eigenvalue weighted by molar-refractivity contribution is 5.56. The summed E-state index contributed by atoms with van der Waals surface area (Å²) < 4.78 is 10.7. The van der Waals surface area contributed by atoms with Crippen LogP contribution >= 0.6 is 0 Å². The fourth-order valence-corrected chi connectivity index (χ4v) is 1.75. The van der Waals surface area contributed by atoms with Crippen molar-refractivity contribution >= 4 is 11.7 Å². The lowest BCUT2D eigenvalue weighted by Gasteiger charge is -2.07. The lowest BCUT2D eigenvalue weighted by atomic mass is 10.2. The lowest BCUT2D eigenvalue weighted by Crippen LogP contribution is -2.21. The van der Waals surface area contributed by atoms with E-state index in [0.29, 0.717) is 24.5 Å². The van der Waals surface area contributed by atoms with Gasteiger partial charge in [-0.3, -0.25) is 0 Å². The van der Waals surface area contributed by atoms with Gasteiger partial charge in [0.25, 0.3) is 0 Å². The summed E-state index contributed by atoms with van der Waals surface area (Å²) in [6.07, 6.45) is 0. The molecule has 0 aliphatic rings. The maximum absolute atomic E-state index is 5.51. The highest BCUT2D eigenvalue weighted by Gasteiger charge is 2.07. The molecule has 0 atom stereocenters. The predicted molar refractivity (Wildman–Crippen MR) is 77.3 cm³/mol. The Morgan fingerprint density at radius 1 is 1.30 bits per heavy atom. The molecule has 0 aliphatic heterocycles. The number of hydrogen-bond acceptors (Lipinski definition) is 6. The average Bonchev–Trinajstić information content (AvgIpc) is 2.84. The van der Waals surface area contributed by atoms with Gasteiger partial charge in [0, 0.05) is 11.7 Å². The summed E-state index contributed by atoms with van der Waals surface area (Å²) in [5.41, 5.74) is 1.93. The molecule has 2 rings (SSSR count). The molecule has 2 aromatic rings. The molecule has 1 aromatic carbocycles. The van der Waals surface area contributed by atoms with Crippen molar-refractivity contribution in [2.75, 3.05) is 12.4 Å². The molecule has 0 radical (unpaired) electrons. The van der Waals surface area contributed by atoms with Crippen molar-refractivity contribution in [3.05, 3.63) is 29.7 Å². The van der Waals surface area contributed by atoms with Crippen molar-refractivity contribution in [2.24, 2.45) is 0 Å². The molecule has 0 fully saturated rings. The number of methoxy groups -OCH3 is 1. The van der Waals surface area contributed by atoms with Gasteiger partial charge in [-0.2, -0.15) is 0 Å². The van der Waals surface area contributed by atoms with Crippen LogP contribution in [0.3, 0.4) is 0 Å². The zero-order valence-electron chi connectivity index (χ0n) is 12.2. The van der Waals surface area contributed by atoms with E-state index in [-0.39, 0.29) is 0 Å². The van der Waals surface area contributed by atoms with E-state index in [1.54, 1.807) is 7.11 Å². The molecule has 1 aromatic heterocycles. The Morgan fingerprint density at radius 3 is 2.75 bits per heavy atom. The van der Waals surface area contributed by atoms with E-state index in [9.17, 15) is 0 Å². The number of nitrogens with one attached hydrogen (secondary N) is 2. The first-order valence-electron chi connectivity index (χ1n) is 6.56. The third-order valence-corrected chi connectivity index (χ3v) is 2.77. The van der Waals surface area contributed by atoms with E-state index in [2.05, 4.69) is 34.7 Å². The first kappa shape index (κ1) is 14.3. The summed E-state index contributed by atoms with van der Waals surface area (Å²) in [6, 6.07) is 6.53. The van der Waals surface area contributed by atoms with Crippen LogP contribution in [0.5, 0.6) is 5.75 Å². The van der Waals surface area contributed by atoms with E-state index >= 15 is 0 Å². The Bertz CT molecular complexity index is 566. The molecule has 0 unspecified atom stereocenters. The fraction of sp³-hybridized carbons (Fsp3) is 0.429. The van der Waals surface area contributed by atoms with E-state index < -0.39 is 0 Å². The Labute approximate surface area is 118 Å². The number of rotatable bonds is 6. The number of anilines is 2. The first-order valence-corrected chi connectivity index (χ1v) is 6.56. The topological polar surface area (TPSA) is 72.2 Å². The van der Waals surface area contributed by atoms with Crippen LogP contribution in [0.4, 0.5) is 11.7 Å². The smallest absolute Gasteiger partial charge is 0.320 e. The average molecular weight is 276 g/mol. The molecule has 0 amide bonds. The maximum atomic E-state index is 5.51. The van der Waals surface area contributed by atoms with Gasteiger partial charge in [-0.1, -0.05) is 18.9 Å². The number of hydrogen-bond donors (Lipinski definition) is 2. The fourth-order valence-electron chi connectivity index (χ4n) is 1.75. The van der Waals surface area contributed by atoms with Gasteiger partial charge in [-0.05, 0) is 30.7 Å². The van der Waals surface area contributed by atoms with E-state index in [0.717, 1.165) is 17.0 Å². The number of aromatic nitrogens is 2. The van der Waals surface area contributed by atoms with E-state index in [4.69, 9.17) is 9.15 Å². The van der Waals surface area contributed by atoms with Crippen LogP contribution in [0, 0.1) is 6.92 Å². The molecule has 6 nitrogen and oxygen atoms in total. The summed E-state index contributed by atoms with van der Waals surface area (Å²) in [4.78, 5) is 0. The Balaban J connectivity index is 2.01. The van der Waals surface area contributed by atoms with Crippen LogP contribution in [0.25, 0.3) is 0 Å². The minimum atomic E-state index is 0.377. The molecule has 0 bridgehead atoms. The molecule has 20 heavy (non-hydrogen) atoms. The zero-order chi connectivity index (χ0) is 14.5. The molecule has 1 heterocycles. The molecular weight excluding hydrogens is 256 g/mol. The van der Waals surface area contributed by atoms with Crippen molar-refractivity contribution in [3.63, 3.8) is 0 Å². The third kappa shape index (κ3) is 3.71. The number of ether oxygens (including phenoxy) is 1. The molecule has 0 saturated heterocycles. The first-order chi connectivity index (χ1) is 9.58. The summed E-state index contributed by atoms with van der Waals surface area (Å²) in [7, 11) is 1.65. The second-order valence-corrected chi connectivity index (χ2v) is 4.85. The molecule has 0 saturated carbocycles. The Hall–Kier alpha value is -2.08. The number of benzene rings is 1. The summed E-state index contributed by atoms with van der Waals surface area (Å²) in [5.74, 6) is 1.41. The quantitative estimate of drug-likeness (QED) is 0.845. The monoisotopic (exact) mass is 276 g/mol. The number of nitrogens with zero attached hydrogens (tertiary/aromatic N) is 2. The van der Waals surface area contributed by atoms with Gasteiger partial charge < -0.3 is 19.8 Å². The van der Waals surface area contributed by atoms with Crippen LogP contribution in [0.2, 0.25) is 0 Å². The second-order valence-electron chi connectivity index (χ2n) is 4.85. The minimum Gasteiger partial charge on any atom is -0.496 e. The molecule has 0 aliphatic carbocycles. The molecule has 2 N–H and O–H groups in total. The standard InChI is InChI=1S/C14H20N4O2/c1-9(2)15-8-13-17-18-14(20-13)16-11-5-6-12(19-4)10(3)7-11/h5-7,9,15H,8H2,1-4H3,(H,16,18). The van der Waals surface area contributed by atoms with Crippen LogP contribution < -0.4 is 15.4 Å². The van der Waals surface area contributed by atoms with Gasteiger partial charge in [-0.15, -0.1) is 5.10 Å². The van der Waals surface area contributed by atoms with Gasteiger partial charge in [0.05, 0.1) is 13.7 Å². The Morgan fingerprint density at radius 2 is 2.10 bits per heavy atom. The van der Waals surface area contributed by atoms with Gasteiger partial charge in [0.1, 0.15) is 5.75 Å². The summed E-state index contributed by atoms with van der Waals surface area (Å²) in [5, 5.41) is 14.2. The SMILES string of the molecule is COc1ccc(Nc2nnc(CNC(C)C)o2)cc1C. The van der Waals surface area contributed by atoms with Gasteiger partial charge in [0.2, 0.25) is 5.89 Å². The van der Waals surface area contributed by atoms with E-state index in [1.165, 1.54) is 0 Å². The zero-order valence-corrected chi connectivity index (χ0v) is 12.2. The van der Waals surface area contributed by atoms with Crippen molar-refractivity contribution < 1.29 is 9.15 Å². The van der Waals surface area contributed by atoms with Crippen molar-refractivity contribution in [2.45, 2.75) is 33.4 Å². The van der Waals surface area contributed by atoms with Crippen LogP contribution in [-0.4, -0.2) is 23.3 Å². The predicted octanol–water partition coefficient (Wildman–Crippen LogP) is 2.63. The summed E-state index contributed by atoms with van der Waals surface area (Å²) in [6.45, 7) is 6.68. The van der Waals surface area contributed by atoms with Gasteiger partial charge in [-0.25, -0.2) is 0 Å². The maximum Gasteiger partial charge on any atom is 0.320 e. The van der Waals surface area contributed by atoms with E-state index in [1.807, 2.05) is 25.1 Å². The highest BCUT2D eigenvalue weighted by Crippen LogP contribution is 2.23. The molecule has 108 valence electrons. The minimum absolute atomic E-state index is 0.377. The van der Waals surface area contributed by atoms with Gasteiger partial charge >= 0.3 is 6.01 Å². The van der Waals surface area contributed by atoms with Gasteiger partial charge in [0.15, 0.2) is 0 Å². The number of aryl methyl sites for hydroxylation is 1. The highest BCUT2D eigenvalue weighted by atomic mass is 16.5. The van der Waals surface area contributed by atoms with Crippen molar-refractivity contribution in [1.29, 1.82) is 0 Å². The lowest BCUT2D eigenvalue weighted by molar-refractivity contribution is 0.412. The molecule has 0 spiro atoms. The van der Waals surface area contributed by atoms with Crippen LogP contribution in [0.1, 0.15) is 25.3 Å². The third-order valence-electron chi connectivity index (χ3n) is 2.77. The summed E-state index contributed by atoms with van der Waals surface area (Å²) >= 11 is 0. The largest absolute Gasteiger partial charge is 0.496 e. The Kier molecular flexibility index (Phi) is 4.57. The normalized spacial score (nSPS) is 10.8. The molecular formula is C14H20N4O2. The van der Waals surface area contributed by atoms with Crippen molar-refractivity contribution in [1.82, 2.24) is 15.5 Å². The van der Waals surface area contributed by atoms with Crippen LogP contribution in [-0.2, 0) is 6.54 Å². The van der Waals surface area contributed by atoms with Crippen LogP contribution in [0.15, 0.2) is 22.6 Å². The second kappa shape index (κ2) is 6.38.